The lowest BCUT2D eigenvalue weighted by Crippen LogP contribution is -2.38. The Hall–Kier alpha value is -1.14. The Morgan fingerprint density at radius 2 is 2.21 bits per heavy atom. The SMILES string of the molecule is FC(F)(F)C1CNCCN(CCc2ccccn2)C1. The molecule has 106 valence electrons. The highest BCUT2D eigenvalue weighted by Gasteiger charge is 2.40. The predicted octanol–water partition coefficient (Wildman–Crippen LogP) is 1.71. The van der Waals surface area contributed by atoms with Gasteiger partial charge < -0.3 is 10.2 Å². The summed E-state index contributed by atoms with van der Waals surface area (Å²) in [5.74, 6) is -1.28. The molecule has 1 saturated heterocycles. The highest BCUT2D eigenvalue weighted by molar-refractivity contribution is 5.03. The normalized spacial score (nSPS) is 22.2. The Morgan fingerprint density at radius 3 is 2.89 bits per heavy atom. The van der Waals surface area contributed by atoms with E-state index in [2.05, 4.69) is 10.3 Å². The van der Waals surface area contributed by atoms with Crippen molar-refractivity contribution in [3.63, 3.8) is 0 Å². The van der Waals surface area contributed by atoms with Crippen LogP contribution in [0.1, 0.15) is 5.69 Å². The molecular formula is C13H18F3N3. The molecule has 0 saturated carbocycles. The molecule has 0 radical (unpaired) electrons. The maximum Gasteiger partial charge on any atom is 0.394 e. The molecule has 19 heavy (non-hydrogen) atoms. The molecule has 1 N–H and O–H groups in total. The van der Waals surface area contributed by atoms with Crippen molar-refractivity contribution in [3.8, 4) is 0 Å². The van der Waals surface area contributed by atoms with Gasteiger partial charge in [-0.1, -0.05) is 6.07 Å². The number of rotatable bonds is 3. The standard InChI is InChI=1S/C13H18F3N3/c14-13(15,16)11-9-17-6-8-19(10-11)7-4-12-3-1-2-5-18-12/h1-3,5,11,17H,4,6-10H2. The van der Waals surface area contributed by atoms with Crippen LogP contribution in [0.5, 0.6) is 0 Å². The fourth-order valence-electron chi connectivity index (χ4n) is 2.22. The number of hydrogen-bond donors (Lipinski definition) is 1. The van der Waals surface area contributed by atoms with Gasteiger partial charge in [0.15, 0.2) is 0 Å². The van der Waals surface area contributed by atoms with E-state index in [-0.39, 0.29) is 13.1 Å². The van der Waals surface area contributed by atoms with Crippen molar-refractivity contribution in [2.45, 2.75) is 12.6 Å². The van der Waals surface area contributed by atoms with Crippen LogP contribution in [-0.4, -0.2) is 48.8 Å². The van der Waals surface area contributed by atoms with E-state index in [0.29, 0.717) is 26.1 Å². The maximum absolute atomic E-state index is 12.8. The molecule has 1 aromatic heterocycles. The second-order valence-electron chi connectivity index (χ2n) is 4.81. The van der Waals surface area contributed by atoms with Crippen LogP contribution >= 0.6 is 0 Å². The Morgan fingerprint density at radius 1 is 1.37 bits per heavy atom. The Balaban J connectivity index is 1.88. The first kappa shape index (κ1) is 14.3. The van der Waals surface area contributed by atoms with Crippen molar-refractivity contribution in [2.75, 3.05) is 32.7 Å². The first-order valence-corrected chi connectivity index (χ1v) is 6.45. The van der Waals surface area contributed by atoms with Gasteiger partial charge in [0.2, 0.25) is 0 Å². The zero-order chi connectivity index (χ0) is 13.7. The largest absolute Gasteiger partial charge is 0.394 e. The highest BCUT2D eigenvalue weighted by atomic mass is 19.4. The van der Waals surface area contributed by atoms with Crippen molar-refractivity contribution in [1.82, 2.24) is 15.2 Å². The zero-order valence-corrected chi connectivity index (χ0v) is 10.7. The number of nitrogens with one attached hydrogen (secondary N) is 1. The van der Waals surface area contributed by atoms with E-state index in [1.54, 1.807) is 6.20 Å². The lowest BCUT2D eigenvalue weighted by atomic mass is 10.1. The zero-order valence-electron chi connectivity index (χ0n) is 10.7. The van der Waals surface area contributed by atoms with E-state index in [0.717, 1.165) is 5.69 Å². The van der Waals surface area contributed by atoms with Crippen molar-refractivity contribution in [3.05, 3.63) is 30.1 Å². The Kier molecular flexibility index (Phi) is 4.76. The molecule has 1 fully saturated rings. The van der Waals surface area contributed by atoms with E-state index in [4.69, 9.17) is 0 Å². The maximum atomic E-state index is 12.8. The molecule has 1 aliphatic heterocycles. The summed E-state index contributed by atoms with van der Waals surface area (Å²) in [5.41, 5.74) is 0.920. The quantitative estimate of drug-likeness (QED) is 0.908. The average Bonchev–Trinajstić information content (AvgIpc) is 2.62. The highest BCUT2D eigenvalue weighted by Crippen LogP contribution is 2.27. The summed E-state index contributed by atoms with van der Waals surface area (Å²) < 4.78 is 38.3. The van der Waals surface area contributed by atoms with Gasteiger partial charge >= 0.3 is 6.18 Å². The first-order chi connectivity index (χ1) is 9.05. The lowest BCUT2D eigenvalue weighted by molar-refractivity contribution is -0.175. The average molecular weight is 273 g/mol. The van der Waals surface area contributed by atoms with Crippen molar-refractivity contribution < 1.29 is 13.2 Å². The molecule has 1 unspecified atom stereocenters. The Labute approximate surface area is 110 Å². The minimum atomic E-state index is -4.12. The Bertz CT molecular complexity index is 380. The third kappa shape index (κ3) is 4.47. The number of alkyl halides is 3. The second kappa shape index (κ2) is 6.34. The van der Waals surface area contributed by atoms with Gasteiger partial charge in [-0.3, -0.25) is 4.98 Å². The van der Waals surface area contributed by atoms with Gasteiger partial charge in [-0.05, 0) is 12.1 Å². The number of nitrogens with zero attached hydrogens (tertiary/aromatic N) is 2. The molecule has 1 atom stereocenters. The minimum Gasteiger partial charge on any atom is -0.315 e. The summed E-state index contributed by atoms with van der Waals surface area (Å²) in [6.07, 6.45) is -1.73. The number of hydrogen-bond acceptors (Lipinski definition) is 3. The summed E-state index contributed by atoms with van der Waals surface area (Å²) in [6.45, 7) is 1.96. The fourth-order valence-corrected chi connectivity index (χ4v) is 2.22. The van der Waals surface area contributed by atoms with Crippen LogP contribution in [-0.2, 0) is 6.42 Å². The summed E-state index contributed by atoms with van der Waals surface area (Å²) in [7, 11) is 0. The molecular weight excluding hydrogens is 255 g/mol. The van der Waals surface area contributed by atoms with Crippen LogP contribution < -0.4 is 5.32 Å². The van der Waals surface area contributed by atoms with E-state index >= 15 is 0 Å². The van der Waals surface area contributed by atoms with Gasteiger partial charge in [-0.25, -0.2) is 0 Å². The van der Waals surface area contributed by atoms with Crippen LogP contribution in [0, 0.1) is 5.92 Å². The molecule has 1 aliphatic rings. The van der Waals surface area contributed by atoms with Gasteiger partial charge in [0.25, 0.3) is 0 Å². The van der Waals surface area contributed by atoms with E-state index < -0.39 is 12.1 Å². The number of halogens is 3. The molecule has 2 rings (SSSR count). The summed E-state index contributed by atoms with van der Waals surface area (Å²) in [4.78, 5) is 6.06. The van der Waals surface area contributed by atoms with Crippen LogP contribution in [0.2, 0.25) is 0 Å². The van der Waals surface area contributed by atoms with Crippen LogP contribution in [0.4, 0.5) is 13.2 Å². The molecule has 0 bridgehead atoms. The monoisotopic (exact) mass is 273 g/mol. The molecule has 0 aromatic carbocycles. The molecule has 0 spiro atoms. The van der Waals surface area contributed by atoms with E-state index in [1.165, 1.54) is 0 Å². The fraction of sp³-hybridized carbons (Fsp3) is 0.615. The van der Waals surface area contributed by atoms with Crippen LogP contribution in [0.25, 0.3) is 0 Å². The third-order valence-electron chi connectivity index (χ3n) is 3.35. The first-order valence-electron chi connectivity index (χ1n) is 6.45. The van der Waals surface area contributed by atoms with Crippen LogP contribution in [0.3, 0.4) is 0 Å². The minimum absolute atomic E-state index is 0.0174. The predicted molar refractivity (Wildman–Crippen MR) is 66.8 cm³/mol. The smallest absolute Gasteiger partial charge is 0.315 e. The van der Waals surface area contributed by atoms with Gasteiger partial charge in [-0.15, -0.1) is 0 Å². The molecule has 6 heteroatoms. The van der Waals surface area contributed by atoms with Crippen molar-refractivity contribution >= 4 is 0 Å². The van der Waals surface area contributed by atoms with Gasteiger partial charge in [0, 0.05) is 51.0 Å². The molecule has 0 amide bonds. The number of pyridine rings is 1. The summed E-state index contributed by atoms with van der Waals surface area (Å²) >= 11 is 0. The van der Waals surface area contributed by atoms with Gasteiger partial charge in [0.1, 0.15) is 0 Å². The molecule has 0 aliphatic carbocycles. The molecule has 3 nitrogen and oxygen atoms in total. The topological polar surface area (TPSA) is 28.2 Å². The van der Waals surface area contributed by atoms with Gasteiger partial charge in [0.05, 0.1) is 5.92 Å². The van der Waals surface area contributed by atoms with E-state index in [9.17, 15) is 13.2 Å². The summed E-state index contributed by atoms with van der Waals surface area (Å²) in [5, 5.41) is 2.85. The van der Waals surface area contributed by atoms with Crippen molar-refractivity contribution in [1.29, 1.82) is 0 Å². The summed E-state index contributed by atoms with van der Waals surface area (Å²) in [6, 6.07) is 5.63. The second-order valence-corrected chi connectivity index (χ2v) is 4.81. The lowest BCUT2D eigenvalue weighted by Gasteiger charge is -2.25. The van der Waals surface area contributed by atoms with Crippen LogP contribution in [0.15, 0.2) is 24.4 Å². The molecule has 2 heterocycles. The molecule has 1 aromatic rings. The number of aromatic nitrogens is 1. The third-order valence-corrected chi connectivity index (χ3v) is 3.35. The van der Waals surface area contributed by atoms with E-state index in [1.807, 2.05) is 23.1 Å². The van der Waals surface area contributed by atoms with Gasteiger partial charge in [-0.2, -0.15) is 13.2 Å². The van der Waals surface area contributed by atoms with Crippen molar-refractivity contribution in [2.24, 2.45) is 5.92 Å².